The Hall–Kier alpha value is -0.160. The van der Waals surface area contributed by atoms with E-state index in [2.05, 4.69) is 4.90 Å². The van der Waals surface area contributed by atoms with Gasteiger partial charge >= 0.3 is 0 Å². The van der Waals surface area contributed by atoms with Gasteiger partial charge in [0.1, 0.15) is 0 Å². The van der Waals surface area contributed by atoms with Gasteiger partial charge < -0.3 is 14.9 Å². The summed E-state index contributed by atoms with van der Waals surface area (Å²) in [5.74, 6) is 0. The maximum Gasteiger partial charge on any atom is 0.0586 e. The summed E-state index contributed by atoms with van der Waals surface area (Å²) in [5, 5.41) is 18.9. The number of aliphatic hydroxyl groups excluding tert-OH is 2. The molecule has 16 heavy (non-hydrogen) atoms. The van der Waals surface area contributed by atoms with Gasteiger partial charge in [-0.05, 0) is 32.2 Å². The minimum absolute atomic E-state index is 0.00993. The highest BCUT2D eigenvalue weighted by Gasteiger charge is 2.36. The third-order valence-corrected chi connectivity index (χ3v) is 4.14. The Bertz CT molecular complexity index is 216. The first-order chi connectivity index (χ1) is 7.79. The Kier molecular flexibility index (Phi) is 4.19. The van der Waals surface area contributed by atoms with Gasteiger partial charge in [0.15, 0.2) is 0 Å². The first-order valence-electron chi connectivity index (χ1n) is 6.33. The van der Waals surface area contributed by atoms with E-state index in [9.17, 15) is 10.2 Å². The zero-order valence-corrected chi connectivity index (χ0v) is 9.90. The highest BCUT2D eigenvalue weighted by Crippen LogP contribution is 2.33. The Labute approximate surface area is 97.2 Å². The van der Waals surface area contributed by atoms with Crippen molar-refractivity contribution in [3.8, 4) is 0 Å². The van der Waals surface area contributed by atoms with Gasteiger partial charge in [0.05, 0.1) is 13.2 Å². The molecule has 4 nitrogen and oxygen atoms in total. The third kappa shape index (κ3) is 2.56. The first-order valence-corrected chi connectivity index (χ1v) is 6.33. The number of likely N-dealkylation sites (tertiary alicyclic amines) is 1. The predicted octanol–water partition coefficient (Wildman–Crippen LogP) is 0.232. The molecule has 0 bridgehead atoms. The standard InChI is InChI=1S/C12H23NO3/c14-8-11-2-1-5-13(11)9-12(10-15)3-6-16-7-4-12/h11,14-15H,1-10H2. The highest BCUT2D eigenvalue weighted by atomic mass is 16.5. The molecule has 2 rings (SSSR count). The first kappa shape index (κ1) is 12.3. The van der Waals surface area contributed by atoms with Crippen LogP contribution in [-0.4, -0.2) is 60.7 Å². The van der Waals surface area contributed by atoms with Crippen molar-refractivity contribution in [1.82, 2.24) is 4.90 Å². The van der Waals surface area contributed by atoms with Gasteiger partial charge in [0.2, 0.25) is 0 Å². The molecule has 2 N–H and O–H groups in total. The van der Waals surface area contributed by atoms with E-state index in [4.69, 9.17) is 4.74 Å². The molecule has 4 heteroatoms. The van der Waals surface area contributed by atoms with Crippen LogP contribution in [0.2, 0.25) is 0 Å². The van der Waals surface area contributed by atoms with Crippen LogP contribution < -0.4 is 0 Å². The van der Waals surface area contributed by atoms with Gasteiger partial charge in [-0.1, -0.05) is 0 Å². The van der Waals surface area contributed by atoms with Crippen LogP contribution in [0.3, 0.4) is 0 Å². The van der Waals surface area contributed by atoms with Crippen molar-refractivity contribution in [2.24, 2.45) is 5.41 Å². The zero-order valence-electron chi connectivity index (χ0n) is 9.90. The van der Waals surface area contributed by atoms with Crippen LogP contribution in [-0.2, 0) is 4.74 Å². The topological polar surface area (TPSA) is 52.9 Å². The van der Waals surface area contributed by atoms with Crippen LogP contribution in [0.1, 0.15) is 25.7 Å². The molecule has 1 unspecified atom stereocenters. The van der Waals surface area contributed by atoms with E-state index in [0.29, 0.717) is 6.04 Å². The number of ether oxygens (including phenoxy) is 1. The van der Waals surface area contributed by atoms with Crippen molar-refractivity contribution in [3.63, 3.8) is 0 Å². The molecule has 2 heterocycles. The largest absolute Gasteiger partial charge is 0.396 e. The summed E-state index contributed by atoms with van der Waals surface area (Å²) < 4.78 is 5.37. The van der Waals surface area contributed by atoms with E-state index in [1.807, 2.05) is 0 Å². The normalized spacial score (nSPS) is 30.8. The average molecular weight is 229 g/mol. The number of nitrogens with zero attached hydrogens (tertiary/aromatic N) is 1. The molecule has 0 aliphatic carbocycles. The van der Waals surface area contributed by atoms with Crippen LogP contribution in [0.25, 0.3) is 0 Å². The Balaban J connectivity index is 1.94. The molecular weight excluding hydrogens is 206 g/mol. The van der Waals surface area contributed by atoms with Crippen molar-refractivity contribution in [2.75, 3.05) is 39.5 Å². The molecule has 0 aromatic carbocycles. The molecule has 1 atom stereocenters. The lowest BCUT2D eigenvalue weighted by Gasteiger charge is -2.40. The minimum Gasteiger partial charge on any atom is -0.396 e. The summed E-state index contributed by atoms with van der Waals surface area (Å²) in [5.41, 5.74) is 0.00993. The lowest BCUT2D eigenvalue weighted by atomic mass is 9.80. The molecule has 0 saturated carbocycles. The fourth-order valence-corrected chi connectivity index (χ4v) is 2.91. The smallest absolute Gasteiger partial charge is 0.0586 e. The van der Waals surface area contributed by atoms with Crippen LogP contribution in [0.4, 0.5) is 0 Å². The molecule has 2 aliphatic heterocycles. The van der Waals surface area contributed by atoms with E-state index < -0.39 is 0 Å². The van der Waals surface area contributed by atoms with E-state index in [1.165, 1.54) is 6.42 Å². The highest BCUT2D eigenvalue weighted by molar-refractivity contribution is 4.89. The summed E-state index contributed by atoms with van der Waals surface area (Å²) in [6.07, 6.45) is 4.15. The van der Waals surface area contributed by atoms with E-state index in [-0.39, 0.29) is 18.6 Å². The van der Waals surface area contributed by atoms with Gasteiger partial charge in [0.25, 0.3) is 0 Å². The van der Waals surface area contributed by atoms with Crippen LogP contribution in [0.15, 0.2) is 0 Å². The van der Waals surface area contributed by atoms with Crippen molar-refractivity contribution in [2.45, 2.75) is 31.7 Å². The Morgan fingerprint density at radius 2 is 2.00 bits per heavy atom. The van der Waals surface area contributed by atoms with Gasteiger partial charge in [-0.15, -0.1) is 0 Å². The van der Waals surface area contributed by atoms with Crippen LogP contribution >= 0.6 is 0 Å². The lowest BCUT2D eigenvalue weighted by molar-refractivity contribution is -0.0387. The lowest BCUT2D eigenvalue weighted by Crippen LogP contribution is -2.46. The van der Waals surface area contributed by atoms with Crippen LogP contribution in [0, 0.1) is 5.41 Å². The Morgan fingerprint density at radius 1 is 1.25 bits per heavy atom. The van der Waals surface area contributed by atoms with E-state index >= 15 is 0 Å². The molecule has 0 aromatic rings. The van der Waals surface area contributed by atoms with Crippen molar-refractivity contribution < 1.29 is 14.9 Å². The third-order valence-electron chi connectivity index (χ3n) is 4.14. The molecule has 0 spiro atoms. The zero-order chi connectivity index (χ0) is 11.4. The molecule has 94 valence electrons. The maximum absolute atomic E-state index is 9.62. The molecular formula is C12H23NO3. The van der Waals surface area contributed by atoms with Crippen molar-refractivity contribution in [1.29, 1.82) is 0 Å². The number of hydrogen-bond donors (Lipinski definition) is 2. The van der Waals surface area contributed by atoms with Gasteiger partial charge in [-0.3, -0.25) is 4.90 Å². The van der Waals surface area contributed by atoms with Gasteiger partial charge in [-0.2, -0.15) is 0 Å². The number of hydrogen-bond acceptors (Lipinski definition) is 4. The molecule has 2 fully saturated rings. The number of aliphatic hydroxyl groups is 2. The summed E-state index contributed by atoms with van der Waals surface area (Å²) >= 11 is 0. The van der Waals surface area contributed by atoms with Crippen molar-refractivity contribution in [3.05, 3.63) is 0 Å². The predicted molar refractivity (Wildman–Crippen MR) is 61.3 cm³/mol. The monoisotopic (exact) mass is 229 g/mol. The molecule has 2 saturated heterocycles. The quantitative estimate of drug-likeness (QED) is 0.725. The maximum atomic E-state index is 9.62. The van der Waals surface area contributed by atoms with Crippen molar-refractivity contribution >= 4 is 0 Å². The summed E-state index contributed by atoms with van der Waals surface area (Å²) in [6, 6.07) is 0.311. The fourth-order valence-electron chi connectivity index (χ4n) is 2.91. The molecule has 0 amide bonds. The second kappa shape index (κ2) is 5.45. The van der Waals surface area contributed by atoms with Gasteiger partial charge in [0, 0.05) is 31.2 Å². The second-order valence-corrected chi connectivity index (χ2v) is 5.22. The molecule has 0 radical (unpaired) electrons. The minimum atomic E-state index is 0.00993. The second-order valence-electron chi connectivity index (χ2n) is 5.22. The molecule has 2 aliphatic rings. The SMILES string of the molecule is OCC1CCCN1CC1(CO)CCOCC1. The van der Waals surface area contributed by atoms with Gasteiger partial charge in [-0.25, -0.2) is 0 Å². The van der Waals surface area contributed by atoms with E-state index in [0.717, 1.165) is 45.6 Å². The fraction of sp³-hybridized carbons (Fsp3) is 1.00. The summed E-state index contributed by atoms with van der Waals surface area (Å²) in [6.45, 7) is 3.99. The van der Waals surface area contributed by atoms with E-state index in [1.54, 1.807) is 0 Å². The number of rotatable bonds is 4. The molecule has 0 aromatic heterocycles. The Morgan fingerprint density at radius 3 is 2.62 bits per heavy atom. The summed E-state index contributed by atoms with van der Waals surface area (Å²) in [4.78, 5) is 2.35. The van der Waals surface area contributed by atoms with Crippen LogP contribution in [0.5, 0.6) is 0 Å². The summed E-state index contributed by atoms with van der Waals surface area (Å²) in [7, 11) is 0. The average Bonchev–Trinajstić information content (AvgIpc) is 2.77.